The van der Waals surface area contributed by atoms with Crippen LogP contribution in [0, 0.1) is 5.82 Å². The molecular weight excluding hydrogens is 245 g/mol. The molecule has 0 radical (unpaired) electrons. The fourth-order valence-corrected chi connectivity index (χ4v) is 2.88. The van der Waals surface area contributed by atoms with Crippen LogP contribution in [-0.2, 0) is 4.74 Å². The Morgan fingerprint density at radius 2 is 2.26 bits per heavy atom. The first-order chi connectivity index (χ1) is 9.19. The molecule has 3 nitrogen and oxygen atoms in total. The molecule has 0 spiro atoms. The van der Waals surface area contributed by atoms with Gasteiger partial charge in [-0.3, -0.25) is 0 Å². The molecule has 1 unspecified atom stereocenters. The molecule has 19 heavy (non-hydrogen) atoms. The van der Waals surface area contributed by atoms with E-state index < -0.39 is 0 Å². The van der Waals surface area contributed by atoms with Gasteiger partial charge in [0.15, 0.2) is 0 Å². The summed E-state index contributed by atoms with van der Waals surface area (Å²) in [7, 11) is 1.61. The molecule has 1 aliphatic heterocycles. The molecule has 0 aromatic heterocycles. The molecule has 3 atom stereocenters. The third-order valence-electron chi connectivity index (χ3n) is 3.88. The Kier molecular flexibility index (Phi) is 4.77. The van der Waals surface area contributed by atoms with Crippen molar-refractivity contribution in [1.29, 1.82) is 0 Å². The lowest BCUT2D eigenvalue weighted by Gasteiger charge is -2.24. The zero-order valence-electron chi connectivity index (χ0n) is 11.6. The van der Waals surface area contributed by atoms with Crippen LogP contribution in [0.4, 0.5) is 4.39 Å². The number of hydrogen-bond acceptors (Lipinski definition) is 3. The van der Waals surface area contributed by atoms with E-state index in [-0.39, 0.29) is 23.9 Å². The highest BCUT2D eigenvalue weighted by molar-refractivity contribution is 5.37. The third kappa shape index (κ3) is 3.07. The van der Waals surface area contributed by atoms with Gasteiger partial charge in [-0.1, -0.05) is 6.92 Å². The van der Waals surface area contributed by atoms with Crippen molar-refractivity contribution in [2.45, 2.75) is 44.3 Å². The van der Waals surface area contributed by atoms with Gasteiger partial charge in [-0.15, -0.1) is 0 Å². The molecule has 1 heterocycles. The summed E-state index contributed by atoms with van der Waals surface area (Å²) in [5, 5.41) is 0. The van der Waals surface area contributed by atoms with Gasteiger partial charge in [0.1, 0.15) is 11.6 Å². The Labute approximate surface area is 113 Å². The van der Waals surface area contributed by atoms with Crippen LogP contribution in [0.2, 0.25) is 0 Å². The molecule has 0 bridgehead atoms. The van der Waals surface area contributed by atoms with Crippen LogP contribution < -0.4 is 10.5 Å². The lowest BCUT2D eigenvalue weighted by atomic mass is 9.88. The minimum Gasteiger partial charge on any atom is -0.496 e. The van der Waals surface area contributed by atoms with Crippen molar-refractivity contribution < 1.29 is 13.9 Å². The molecular formula is C15H22FNO2. The van der Waals surface area contributed by atoms with E-state index in [0.29, 0.717) is 6.54 Å². The lowest BCUT2D eigenvalue weighted by Crippen LogP contribution is -2.24. The van der Waals surface area contributed by atoms with E-state index in [9.17, 15) is 4.39 Å². The van der Waals surface area contributed by atoms with Crippen molar-refractivity contribution in [3.8, 4) is 5.75 Å². The number of nitrogens with two attached hydrogens (primary N) is 1. The first-order valence-electron chi connectivity index (χ1n) is 6.88. The molecule has 0 aliphatic carbocycles. The summed E-state index contributed by atoms with van der Waals surface area (Å²) in [4.78, 5) is 0. The maximum absolute atomic E-state index is 13.5. The van der Waals surface area contributed by atoms with Gasteiger partial charge in [-0.2, -0.15) is 0 Å². The summed E-state index contributed by atoms with van der Waals surface area (Å²) in [5.74, 6) is 0.651. The highest BCUT2D eigenvalue weighted by Crippen LogP contribution is 2.38. The van der Waals surface area contributed by atoms with Crippen LogP contribution in [0.5, 0.6) is 5.75 Å². The molecule has 1 aromatic rings. The van der Waals surface area contributed by atoms with E-state index in [1.165, 1.54) is 6.07 Å². The van der Waals surface area contributed by atoms with E-state index in [4.69, 9.17) is 15.2 Å². The minimum atomic E-state index is -0.234. The van der Waals surface area contributed by atoms with Gasteiger partial charge in [-0.05, 0) is 37.5 Å². The van der Waals surface area contributed by atoms with Crippen molar-refractivity contribution in [2.24, 2.45) is 5.73 Å². The number of benzene rings is 1. The second kappa shape index (κ2) is 6.35. The summed E-state index contributed by atoms with van der Waals surface area (Å²) in [6.45, 7) is 2.64. The Balaban J connectivity index is 2.24. The van der Waals surface area contributed by atoms with Gasteiger partial charge in [0.05, 0.1) is 19.3 Å². The zero-order valence-corrected chi connectivity index (χ0v) is 11.6. The molecule has 2 N–H and O–H groups in total. The zero-order chi connectivity index (χ0) is 13.8. The van der Waals surface area contributed by atoms with Gasteiger partial charge >= 0.3 is 0 Å². The predicted octanol–water partition coefficient (Wildman–Crippen LogP) is 2.83. The number of halogens is 1. The van der Waals surface area contributed by atoms with Crippen LogP contribution in [0.3, 0.4) is 0 Å². The van der Waals surface area contributed by atoms with Crippen LogP contribution in [-0.4, -0.2) is 25.9 Å². The van der Waals surface area contributed by atoms with E-state index in [1.54, 1.807) is 19.2 Å². The Morgan fingerprint density at radius 3 is 2.84 bits per heavy atom. The van der Waals surface area contributed by atoms with E-state index >= 15 is 0 Å². The smallest absolute Gasteiger partial charge is 0.123 e. The minimum absolute atomic E-state index is 0.106. The quantitative estimate of drug-likeness (QED) is 0.892. The van der Waals surface area contributed by atoms with E-state index in [1.807, 2.05) is 0 Å². The van der Waals surface area contributed by atoms with Crippen molar-refractivity contribution in [2.75, 3.05) is 13.7 Å². The molecule has 1 fully saturated rings. The summed E-state index contributed by atoms with van der Waals surface area (Å²) >= 11 is 0. The molecule has 4 heteroatoms. The van der Waals surface area contributed by atoms with Crippen molar-refractivity contribution in [3.63, 3.8) is 0 Å². The first kappa shape index (κ1) is 14.3. The van der Waals surface area contributed by atoms with Gasteiger partial charge in [0, 0.05) is 18.0 Å². The molecule has 0 amide bonds. The Hall–Kier alpha value is -1.13. The second-order valence-corrected chi connectivity index (χ2v) is 5.01. The molecule has 1 aromatic carbocycles. The van der Waals surface area contributed by atoms with E-state index in [0.717, 1.165) is 30.6 Å². The molecule has 1 aliphatic rings. The molecule has 106 valence electrons. The number of hydrogen-bond donors (Lipinski definition) is 1. The SMILES string of the molecule is CCC(c1cc(F)ccc1OC)[C@H]1CC[C@@H](CN)O1. The van der Waals surface area contributed by atoms with Crippen LogP contribution >= 0.6 is 0 Å². The number of rotatable bonds is 5. The number of methoxy groups -OCH3 is 1. The molecule has 1 saturated heterocycles. The van der Waals surface area contributed by atoms with E-state index in [2.05, 4.69) is 6.92 Å². The van der Waals surface area contributed by atoms with Crippen molar-refractivity contribution >= 4 is 0 Å². The lowest BCUT2D eigenvalue weighted by molar-refractivity contribution is 0.0327. The van der Waals surface area contributed by atoms with Gasteiger partial charge in [0.25, 0.3) is 0 Å². The second-order valence-electron chi connectivity index (χ2n) is 5.01. The monoisotopic (exact) mass is 267 g/mol. The average molecular weight is 267 g/mol. The largest absolute Gasteiger partial charge is 0.496 e. The van der Waals surface area contributed by atoms with Crippen LogP contribution in [0.1, 0.15) is 37.7 Å². The standard InChI is InChI=1S/C15H22FNO2/c1-3-12(15-7-5-11(9-17)19-15)13-8-10(16)4-6-14(13)18-2/h4,6,8,11-12,15H,3,5,7,9,17H2,1-2H3/t11-,12?,15+/m0/s1. The fourth-order valence-electron chi connectivity index (χ4n) is 2.88. The van der Waals surface area contributed by atoms with Crippen LogP contribution in [0.25, 0.3) is 0 Å². The Bertz CT molecular complexity index is 425. The third-order valence-corrected chi connectivity index (χ3v) is 3.88. The van der Waals surface area contributed by atoms with Crippen molar-refractivity contribution in [1.82, 2.24) is 0 Å². The maximum atomic E-state index is 13.5. The normalized spacial score (nSPS) is 24.4. The number of ether oxygens (including phenoxy) is 2. The molecule has 0 saturated carbocycles. The highest BCUT2D eigenvalue weighted by Gasteiger charge is 2.32. The topological polar surface area (TPSA) is 44.5 Å². The maximum Gasteiger partial charge on any atom is 0.123 e. The summed E-state index contributed by atoms with van der Waals surface area (Å²) in [5.41, 5.74) is 6.54. The van der Waals surface area contributed by atoms with Crippen LogP contribution in [0.15, 0.2) is 18.2 Å². The Morgan fingerprint density at radius 1 is 1.47 bits per heavy atom. The average Bonchev–Trinajstić information content (AvgIpc) is 2.89. The fraction of sp³-hybridized carbons (Fsp3) is 0.600. The van der Waals surface area contributed by atoms with Gasteiger partial charge in [-0.25, -0.2) is 4.39 Å². The van der Waals surface area contributed by atoms with Crippen molar-refractivity contribution in [3.05, 3.63) is 29.6 Å². The summed E-state index contributed by atoms with van der Waals surface area (Å²) < 4.78 is 24.8. The summed E-state index contributed by atoms with van der Waals surface area (Å²) in [6, 6.07) is 4.67. The molecule has 2 rings (SSSR count). The first-order valence-corrected chi connectivity index (χ1v) is 6.88. The van der Waals surface area contributed by atoms with Gasteiger partial charge in [0.2, 0.25) is 0 Å². The predicted molar refractivity (Wildman–Crippen MR) is 72.9 cm³/mol. The highest BCUT2D eigenvalue weighted by atomic mass is 19.1. The van der Waals surface area contributed by atoms with Gasteiger partial charge < -0.3 is 15.2 Å². The summed E-state index contributed by atoms with van der Waals surface area (Å²) in [6.07, 6.45) is 3.09.